The van der Waals surface area contributed by atoms with Gasteiger partial charge in [-0.1, -0.05) is 0 Å². The van der Waals surface area contributed by atoms with Gasteiger partial charge >= 0.3 is 0 Å². The van der Waals surface area contributed by atoms with Gasteiger partial charge in [0.05, 0.1) is 5.01 Å². The van der Waals surface area contributed by atoms with Gasteiger partial charge in [-0.05, 0) is 37.7 Å². The van der Waals surface area contributed by atoms with Gasteiger partial charge < -0.3 is 5.32 Å². The Hall–Kier alpha value is -0.0600. The maximum absolute atomic E-state index is 4.27. The van der Waals surface area contributed by atoms with E-state index in [1.54, 1.807) is 0 Å². The molecule has 1 aromatic heterocycles. The molecule has 0 radical (unpaired) electrons. The predicted octanol–water partition coefficient (Wildman–Crippen LogP) is 2.48. The molecule has 1 aliphatic heterocycles. The molecule has 2 heterocycles. The summed E-state index contributed by atoms with van der Waals surface area (Å²) in [7, 11) is 0. The number of hydrogen-bond donors (Lipinski definition) is 1. The molecule has 0 unspecified atom stereocenters. The van der Waals surface area contributed by atoms with Gasteiger partial charge in [-0.3, -0.25) is 0 Å². The summed E-state index contributed by atoms with van der Waals surface area (Å²) in [6, 6.07) is 0.764. The fraction of sp³-hybridized carbons (Fsp3) is 0.727. The Kier molecular flexibility index (Phi) is 4.47. The van der Waals surface area contributed by atoms with Crippen molar-refractivity contribution in [3.8, 4) is 0 Å². The van der Waals surface area contributed by atoms with E-state index in [1.807, 2.05) is 17.5 Å². The topological polar surface area (TPSA) is 24.9 Å². The lowest BCUT2D eigenvalue weighted by atomic mass is 10.1. The fourth-order valence-electron chi connectivity index (χ4n) is 1.82. The highest BCUT2D eigenvalue weighted by Crippen LogP contribution is 2.17. The summed E-state index contributed by atoms with van der Waals surface area (Å²) >= 11 is 3.90. The predicted molar refractivity (Wildman–Crippen MR) is 68.9 cm³/mol. The first kappa shape index (κ1) is 11.4. The van der Waals surface area contributed by atoms with Crippen molar-refractivity contribution in [3.63, 3.8) is 0 Å². The Labute approximate surface area is 99.9 Å². The summed E-state index contributed by atoms with van der Waals surface area (Å²) in [5.41, 5.74) is 0. The van der Waals surface area contributed by atoms with E-state index < -0.39 is 0 Å². The van der Waals surface area contributed by atoms with E-state index in [9.17, 15) is 0 Å². The molecule has 0 atom stereocenters. The van der Waals surface area contributed by atoms with Crippen molar-refractivity contribution in [2.45, 2.75) is 32.2 Å². The minimum absolute atomic E-state index is 0.764. The van der Waals surface area contributed by atoms with Crippen molar-refractivity contribution >= 4 is 23.1 Å². The van der Waals surface area contributed by atoms with Crippen LogP contribution in [0.3, 0.4) is 0 Å². The largest absolute Gasteiger partial charge is 0.314 e. The van der Waals surface area contributed by atoms with Crippen LogP contribution in [0.15, 0.2) is 6.20 Å². The van der Waals surface area contributed by atoms with Crippen LogP contribution in [0.1, 0.15) is 22.7 Å². The van der Waals surface area contributed by atoms with Crippen LogP contribution in [-0.4, -0.2) is 29.1 Å². The fourth-order valence-corrected chi connectivity index (χ4v) is 3.72. The average molecular weight is 242 g/mol. The lowest BCUT2D eigenvalue weighted by Crippen LogP contribution is -2.33. The number of aromatic nitrogens is 1. The van der Waals surface area contributed by atoms with E-state index in [4.69, 9.17) is 0 Å². The minimum atomic E-state index is 0.764. The molecule has 0 aromatic carbocycles. The molecule has 2 nitrogen and oxygen atoms in total. The second-order valence-corrected chi connectivity index (χ2v) is 6.48. The number of nitrogens with zero attached hydrogens (tertiary/aromatic N) is 1. The van der Waals surface area contributed by atoms with Gasteiger partial charge in [0.2, 0.25) is 0 Å². The third kappa shape index (κ3) is 3.78. The van der Waals surface area contributed by atoms with Crippen molar-refractivity contribution in [1.82, 2.24) is 10.3 Å². The van der Waals surface area contributed by atoms with Crippen molar-refractivity contribution in [2.24, 2.45) is 0 Å². The Balaban J connectivity index is 1.65. The Morgan fingerprint density at radius 1 is 1.47 bits per heavy atom. The van der Waals surface area contributed by atoms with Gasteiger partial charge in [-0.2, -0.15) is 11.8 Å². The molecule has 4 heteroatoms. The molecule has 0 bridgehead atoms. The van der Waals surface area contributed by atoms with Crippen LogP contribution in [0, 0.1) is 6.92 Å². The van der Waals surface area contributed by atoms with Gasteiger partial charge in [-0.25, -0.2) is 4.98 Å². The van der Waals surface area contributed by atoms with Crippen LogP contribution >= 0.6 is 23.1 Å². The number of nitrogens with one attached hydrogen (secondary N) is 1. The van der Waals surface area contributed by atoms with Crippen molar-refractivity contribution in [1.29, 1.82) is 0 Å². The van der Waals surface area contributed by atoms with E-state index in [-0.39, 0.29) is 0 Å². The highest BCUT2D eigenvalue weighted by Gasteiger charge is 2.12. The van der Waals surface area contributed by atoms with Gasteiger partial charge in [0, 0.05) is 23.7 Å². The van der Waals surface area contributed by atoms with Gasteiger partial charge in [0.25, 0.3) is 0 Å². The van der Waals surface area contributed by atoms with E-state index >= 15 is 0 Å². The molecule has 1 N–H and O–H groups in total. The molecule has 1 saturated heterocycles. The molecule has 84 valence electrons. The first-order valence-electron chi connectivity index (χ1n) is 5.57. The summed E-state index contributed by atoms with van der Waals surface area (Å²) in [6.45, 7) is 3.18. The van der Waals surface area contributed by atoms with E-state index in [0.717, 1.165) is 19.0 Å². The zero-order chi connectivity index (χ0) is 10.5. The maximum atomic E-state index is 4.27. The molecule has 1 fully saturated rings. The molecule has 0 aliphatic carbocycles. The van der Waals surface area contributed by atoms with Crippen LogP contribution in [0.2, 0.25) is 0 Å². The SMILES string of the molecule is Cc1ncc(CCNC2CCSCC2)s1. The molecule has 2 rings (SSSR count). The third-order valence-electron chi connectivity index (χ3n) is 2.69. The Morgan fingerprint density at radius 3 is 2.93 bits per heavy atom. The summed E-state index contributed by atoms with van der Waals surface area (Å²) in [5.74, 6) is 2.66. The Bertz CT molecular complexity index is 293. The highest BCUT2D eigenvalue weighted by molar-refractivity contribution is 7.99. The monoisotopic (exact) mass is 242 g/mol. The van der Waals surface area contributed by atoms with E-state index in [0.29, 0.717) is 0 Å². The smallest absolute Gasteiger partial charge is 0.0896 e. The van der Waals surface area contributed by atoms with Crippen molar-refractivity contribution in [3.05, 3.63) is 16.1 Å². The van der Waals surface area contributed by atoms with Crippen LogP contribution in [0.5, 0.6) is 0 Å². The van der Waals surface area contributed by atoms with Crippen LogP contribution in [-0.2, 0) is 6.42 Å². The summed E-state index contributed by atoms with van der Waals surface area (Å²) < 4.78 is 0. The zero-order valence-corrected chi connectivity index (χ0v) is 10.8. The second kappa shape index (κ2) is 5.87. The minimum Gasteiger partial charge on any atom is -0.314 e. The van der Waals surface area contributed by atoms with E-state index in [1.165, 1.54) is 34.2 Å². The number of thioether (sulfide) groups is 1. The standard InChI is InChI=1S/C11H18N2S2/c1-9-13-8-11(15-9)2-5-12-10-3-6-14-7-4-10/h8,10,12H,2-7H2,1H3. The highest BCUT2D eigenvalue weighted by atomic mass is 32.2. The van der Waals surface area contributed by atoms with Crippen molar-refractivity contribution in [2.75, 3.05) is 18.1 Å². The van der Waals surface area contributed by atoms with Crippen molar-refractivity contribution < 1.29 is 0 Å². The number of thiazole rings is 1. The third-order valence-corrected chi connectivity index (χ3v) is 4.72. The maximum Gasteiger partial charge on any atom is 0.0896 e. The molecule has 0 saturated carbocycles. The average Bonchev–Trinajstić information content (AvgIpc) is 2.66. The second-order valence-electron chi connectivity index (χ2n) is 3.94. The van der Waals surface area contributed by atoms with Crippen LogP contribution in [0.4, 0.5) is 0 Å². The molecular formula is C11H18N2S2. The summed E-state index contributed by atoms with van der Waals surface area (Å²) in [4.78, 5) is 5.68. The number of rotatable bonds is 4. The summed E-state index contributed by atoms with van der Waals surface area (Å²) in [5, 5.41) is 4.82. The van der Waals surface area contributed by atoms with Crippen LogP contribution in [0.25, 0.3) is 0 Å². The molecule has 15 heavy (non-hydrogen) atoms. The molecule has 1 aliphatic rings. The summed E-state index contributed by atoms with van der Waals surface area (Å²) in [6.07, 6.45) is 5.83. The lowest BCUT2D eigenvalue weighted by Gasteiger charge is -2.22. The molecule has 0 amide bonds. The number of aryl methyl sites for hydroxylation is 1. The molecule has 1 aromatic rings. The zero-order valence-electron chi connectivity index (χ0n) is 9.16. The lowest BCUT2D eigenvalue weighted by molar-refractivity contribution is 0.487. The van der Waals surface area contributed by atoms with Gasteiger partial charge in [0.1, 0.15) is 0 Å². The quantitative estimate of drug-likeness (QED) is 0.878. The normalized spacial score (nSPS) is 18.2. The van der Waals surface area contributed by atoms with Gasteiger partial charge in [-0.15, -0.1) is 11.3 Å². The van der Waals surface area contributed by atoms with Crippen LogP contribution < -0.4 is 5.32 Å². The Morgan fingerprint density at radius 2 is 2.27 bits per heavy atom. The first-order chi connectivity index (χ1) is 7.34. The molecule has 0 spiro atoms. The molecular weight excluding hydrogens is 224 g/mol. The first-order valence-corrected chi connectivity index (χ1v) is 7.54. The van der Waals surface area contributed by atoms with Gasteiger partial charge in [0.15, 0.2) is 0 Å². The number of hydrogen-bond acceptors (Lipinski definition) is 4. The van der Waals surface area contributed by atoms with E-state index in [2.05, 4.69) is 29.0 Å².